The molecule has 0 amide bonds. The molecule has 4 rings (SSSR count). The number of ether oxygens (including phenoxy) is 1. The molecule has 6 nitrogen and oxygen atoms in total. The lowest BCUT2D eigenvalue weighted by Gasteiger charge is -2.45. The van der Waals surface area contributed by atoms with Crippen LogP contribution in [0.3, 0.4) is 0 Å². The number of aliphatic hydroxyl groups is 1. The van der Waals surface area contributed by atoms with Gasteiger partial charge in [0.25, 0.3) is 0 Å². The lowest BCUT2D eigenvalue weighted by Crippen LogP contribution is -2.49. The minimum Gasteiger partial charge on any atom is -0.406 e. The molecular formula is C24H24F6N4O2. The largest absolute Gasteiger partial charge is 0.573 e. The van der Waals surface area contributed by atoms with Crippen molar-refractivity contribution in [3.05, 3.63) is 71.5 Å². The fraction of sp³-hybridized carbons (Fsp3) is 0.375. The van der Waals surface area contributed by atoms with Gasteiger partial charge in [0.2, 0.25) is 0 Å². The van der Waals surface area contributed by atoms with Crippen molar-refractivity contribution >= 4 is 11.4 Å². The molecule has 0 bridgehead atoms. The van der Waals surface area contributed by atoms with Crippen molar-refractivity contribution in [3.63, 3.8) is 0 Å². The lowest BCUT2D eigenvalue weighted by molar-refractivity contribution is -0.274. The summed E-state index contributed by atoms with van der Waals surface area (Å²) in [6.07, 6.45) is -12.2. The van der Waals surface area contributed by atoms with Crippen LogP contribution >= 0.6 is 0 Å². The molecule has 2 aromatic carbocycles. The van der Waals surface area contributed by atoms with Gasteiger partial charge in [0.15, 0.2) is 6.10 Å². The molecule has 3 aromatic rings. The summed E-state index contributed by atoms with van der Waals surface area (Å²) in [6, 6.07) is 13.5. The zero-order valence-electron chi connectivity index (χ0n) is 19.4. The summed E-state index contributed by atoms with van der Waals surface area (Å²) in [5.74, 6) is -0.362. The number of nitrogens with zero attached hydrogens (tertiary/aromatic N) is 4. The third-order valence-corrected chi connectivity index (χ3v) is 5.93. The molecule has 2 heterocycles. The van der Waals surface area contributed by atoms with Gasteiger partial charge in [-0.15, -0.1) is 13.2 Å². The number of fused-ring (bicyclic) bond motifs is 1. The van der Waals surface area contributed by atoms with E-state index < -0.39 is 31.2 Å². The molecule has 12 heteroatoms. The zero-order chi connectivity index (χ0) is 26.3. The van der Waals surface area contributed by atoms with Gasteiger partial charge < -0.3 is 19.6 Å². The number of hydrogen-bond acceptors (Lipinski definition) is 5. The molecule has 0 saturated carbocycles. The molecule has 1 aliphatic rings. The van der Waals surface area contributed by atoms with Crippen molar-refractivity contribution in [1.29, 1.82) is 0 Å². The van der Waals surface area contributed by atoms with Crippen LogP contribution < -0.4 is 14.5 Å². The first-order valence-electron chi connectivity index (χ1n) is 11.0. The monoisotopic (exact) mass is 514 g/mol. The molecule has 0 fully saturated rings. The average Bonchev–Trinajstić information content (AvgIpc) is 3.11. The Morgan fingerprint density at radius 3 is 2.33 bits per heavy atom. The second kappa shape index (κ2) is 9.57. The number of alkyl halides is 6. The van der Waals surface area contributed by atoms with Crippen molar-refractivity contribution in [1.82, 2.24) is 9.78 Å². The van der Waals surface area contributed by atoms with E-state index in [-0.39, 0.29) is 18.8 Å². The number of aromatic nitrogens is 2. The van der Waals surface area contributed by atoms with Crippen molar-refractivity contribution in [2.45, 2.75) is 38.2 Å². The quantitative estimate of drug-likeness (QED) is 0.463. The first-order chi connectivity index (χ1) is 16.8. The number of halogens is 6. The maximum absolute atomic E-state index is 13.3. The van der Waals surface area contributed by atoms with Crippen LogP contribution in [0.15, 0.2) is 54.6 Å². The van der Waals surface area contributed by atoms with Crippen molar-refractivity contribution in [3.8, 4) is 5.75 Å². The molecule has 1 unspecified atom stereocenters. The summed E-state index contributed by atoms with van der Waals surface area (Å²) in [4.78, 5) is 3.38. The van der Waals surface area contributed by atoms with Gasteiger partial charge in [-0.1, -0.05) is 24.3 Å². The van der Waals surface area contributed by atoms with Crippen LogP contribution in [0.1, 0.15) is 23.0 Å². The molecule has 2 atom stereocenters. The molecule has 1 N–H and O–H groups in total. The minimum atomic E-state index is -4.83. The Labute approximate surface area is 203 Å². The molecule has 1 aromatic heterocycles. The molecule has 0 saturated heterocycles. The second-order valence-corrected chi connectivity index (χ2v) is 8.62. The van der Waals surface area contributed by atoms with Gasteiger partial charge in [0.1, 0.15) is 5.75 Å². The standard InChI is InChI=1S/C24H24F6N4O2/c1-15-10-20(32(2)31-15)21-13-33(12-16-6-5-7-17(11-16)36-24(28,29)30)18-8-3-4-9-19(18)34(21)14-22(35)23(25,26)27/h3-11,21-22,35H,12-14H2,1-2H3/t21?,22-/m1/s1. The van der Waals surface area contributed by atoms with Gasteiger partial charge in [0.05, 0.1) is 35.3 Å². The smallest absolute Gasteiger partial charge is 0.406 e. The SMILES string of the molecule is Cc1cc(C2CN(Cc3cccc(OC(F)(F)F)c3)c3ccccc3N2C[C@@H](O)C(F)(F)F)n(C)n1. The normalized spacial score (nSPS) is 17.2. The van der Waals surface area contributed by atoms with E-state index in [4.69, 9.17) is 0 Å². The molecule has 36 heavy (non-hydrogen) atoms. The van der Waals surface area contributed by atoms with Gasteiger partial charge >= 0.3 is 12.5 Å². The van der Waals surface area contributed by atoms with E-state index in [9.17, 15) is 31.4 Å². The van der Waals surface area contributed by atoms with E-state index in [0.29, 0.717) is 28.3 Å². The summed E-state index contributed by atoms with van der Waals surface area (Å²) in [6.45, 7) is 1.44. The third-order valence-electron chi connectivity index (χ3n) is 5.93. The van der Waals surface area contributed by atoms with E-state index in [2.05, 4.69) is 9.84 Å². The van der Waals surface area contributed by atoms with Crippen LogP contribution in [0.2, 0.25) is 0 Å². The highest BCUT2D eigenvalue weighted by Crippen LogP contribution is 2.42. The Balaban J connectivity index is 1.73. The van der Waals surface area contributed by atoms with E-state index in [0.717, 1.165) is 0 Å². The van der Waals surface area contributed by atoms with E-state index in [1.807, 2.05) is 4.90 Å². The minimum absolute atomic E-state index is 0.176. The Hall–Kier alpha value is -3.41. The number of para-hydroxylation sites is 2. The predicted molar refractivity (Wildman–Crippen MR) is 121 cm³/mol. The third kappa shape index (κ3) is 5.69. The van der Waals surface area contributed by atoms with Crippen LogP contribution in [-0.2, 0) is 13.6 Å². The fourth-order valence-corrected chi connectivity index (χ4v) is 4.47. The highest BCUT2D eigenvalue weighted by Gasteiger charge is 2.43. The number of β-amino-alcohol motifs (C(OH)–C–C–N with tert-alkyl or cyclic N) is 1. The fourth-order valence-electron chi connectivity index (χ4n) is 4.47. The van der Waals surface area contributed by atoms with E-state index >= 15 is 0 Å². The number of rotatable bonds is 6. The van der Waals surface area contributed by atoms with Gasteiger partial charge in [-0.05, 0) is 42.8 Å². The van der Waals surface area contributed by atoms with Crippen molar-refractivity contribution in [2.24, 2.45) is 7.05 Å². The molecule has 194 valence electrons. The average molecular weight is 514 g/mol. The predicted octanol–water partition coefficient (Wildman–Crippen LogP) is 5.12. The van der Waals surface area contributed by atoms with Crippen molar-refractivity contribution in [2.75, 3.05) is 22.9 Å². The zero-order valence-corrected chi connectivity index (χ0v) is 19.4. The summed E-state index contributed by atoms with van der Waals surface area (Å²) < 4.78 is 83.6. The summed E-state index contributed by atoms with van der Waals surface area (Å²) in [5, 5.41) is 14.2. The Morgan fingerprint density at radius 2 is 1.72 bits per heavy atom. The summed E-state index contributed by atoms with van der Waals surface area (Å²) in [7, 11) is 1.68. The Kier molecular flexibility index (Phi) is 6.82. The Bertz CT molecular complexity index is 1210. The number of anilines is 2. The molecule has 0 aliphatic carbocycles. The first-order valence-corrected chi connectivity index (χ1v) is 11.0. The first kappa shape index (κ1) is 25.7. The highest BCUT2D eigenvalue weighted by atomic mass is 19.4. The highest BCUT2D eigenvalue weighted by molar-refractivity contribution is 5.74. The molecular weight excluding hydrogens is 490 g/mol. The number of benzene rings is 2. The maximum atomic E-state index is 13.3. The van der Waals surface area contributed by atoms with Crippen LogP contribution in [0.4, 0.5) is 37.7 Å². The summed E-state index contributed by atoms with van der Waals surface area (Å²) >= 11 is 0. The van der Waals surface area contributed by atoms with Crippen LogP contribution in [0, 0.1) is 6.92 Å². The Morgan fingerprint density at radius 1 is 1.03 bits per heavy atom. The van der Waals surface area contributed by atoms with E-state index in [1.54, 1.807) is 55.1 Å². The van der Waals surface area contributed by atoms with Gasteiger partial charge in [-0.2, -0.15) is 18.3 Å². The molecule has 1 aliphatic heterocycles. The number of aryl methyl sites for hydroxylation is 2. The van der Waals surface area contributed by atoms with E-state index in [1.165, 1.54) is 23.1 Å². The van der Waals surface area contributed by atoms with Gasteiger partial charge in [0, 0.05) is 20.1 Å². The molecule has 0 radical (unpaired) electrons. The van der Waals surface area contributed by atoms with Crippen LogP contribution in [0.5, 0.6) is 5.75 Å². The number of aliphatic hydroxyl groups excluding tert-OH is 1. The van der Waals surface area contributed by atoms with Crippen LogP contribution in [0.25, 0.3) is 0 Å². The lowest BCUT2D eigenvalue weighted by atomic mass is 10.0. The van der Waals surface area contributed by atoms with Crippen molar-refractivity contribution < 1.29 is 36.2 Å². The maximum Gasteiger partial charge on any atom is 0.573 e. The van der Waals surface area contributed by atoms with Gasteiger partial charge in [-0.25, -0.2) is 0 Å². The second-order valence-electron chi connectivity index (χ2n) is 8.62. The molecule has 0 spiro atoms. The van der Waals surface area contributed by atoms with Gasteiger partial charge in [-0.3, -0.25) is 4.68 Å². The summed E-state index contributed by atoms with van der Waals surface area (Å²) in [5.41, 5.74) is 2.87. The number of hydrogen-bond donors (Lipinski definition) is 1. The van der Waals surface area contributed by atoms with Crippen LogP contribution in [-0.4, -0.2) is 46.6 Å². The topological polar surface area (TPSA) is 53.8 Å².